The van der Waals surface area contributed by atoms with Crippen LogP contribution in [0.4, 0.5) is 0 Å². The maximum absolute atomic E-state index is 6.01. The van der Waals surface area contributed by atoms with Gasteiger partial charge in [0.15, 0.2) is 0 Å². The third-order valence-corrected chi connectivity index (χ3v) is 3.76. The minimum Gasteiger partial charge on any atom is -0.481 e. The third kappa shape index (κ3) is 3.67. The Kier molecular flexibility index (Phi) is 5.16. The summed E-state index contributed by atoms with van der Waals surface area (Å²) >= 11 is 0. The van der Waals surface area contributed by atoms with Crippen molar-refractivity contribution in [2.75, 3.05) is 20.2 Å². The molecule has 0 saturated heterocycles. The maximum Gasteiger partial charge on any atom is 0.212 e. The molecule has 1 aliphatic rings. The van der Waals surface area contributed by atoms with Crippen molar-refractivity contribution in [2.24, 2.45) is 5.73 Å². The molecule has 0 aromatic carbocycles. The average molecular weight is 263 g/mol. The van der Waals surface area contributed by atoms with Crippen LogP contribution < -0.4 is 10.5 Å². The lowest BCUT2D eigenvalue weighted by Crippen LogP contribution is -2.36. The molecule has 1 aromatic rings. The Morgan fingerprint density at radius 1 is 1.47 bits per heavy atom. The van der Waals surface area contributed by atoms with Gasteiger partial charge in [0, 0.05) is 30.9 Å². The normalized spacial score (nSPS) is 16.6. The molecule has 0 spiro atoms. The fraction of sp³-hybridized carbons (Fsp3) is 0.667. The Morgan fingerprint density at radius 3 is 2.74 bits per heavy atom. The first-order chi connectivity index (χ1) is 9.30. The van der Waals surface area contributed by atoms with Gasteiger partial charge in [-0.05, 0) is 31.4 Å². The molecule has 1 aliphatic carbocycles. The Labute approximate surface area is 116 Å². The highest BCUT2D eigenvalue weighted by Gasteiger charge is 2.33. The molecule has 1 aromatic heterocycles. The van der Waals surface area contributed by atoms with Crippen LogP contribution in [0.1, 0.15) is 44.2 Å². The molecule has 1 saturated carbocycles. The number of unbranched alkanes of at least 4 members (excludes halogenated alkanes) is 1. The van der Waals surface area contributed by atoms with Crippen molar-refractivity contribution in [1.82, 2.24) is 9.88 Å². The number of nitrogens with zero attached hydrogens (tertiary/aromatic N) is 2. The van der Waals surface area contributed by atoms with E-state index in [1.54, 1.807) is 7.11 Å². The number of rotatable bonds is 8. The van der Waals surface area contributed by atoms with Gasteiger partial charge in [0.25, 0.3) is 0 Å². The van der Waals surface area contributed by atoms with E-state index in [0.29, 0.717) is 12.4 Å². The summed E-state index contributed by atoms with van der Waals surface area (Å²) < 4.78 is 5.11. The van der Waals surface area contributed by atoms with Gasteiger partial charge >= 0.3 is 0 Å². The Morgan fingerprint density at radius 2 is 2.26 bits per heavy atom. The van der Waals surface area contributed by atoms with Crippen molar-refractivity contribution in [2.45, 2.75) is 44.7 Å². The smallest absolute Gasteiger partial charge is 0.212 e. The van der Waals surface area contributed by atoms with Crippen LogP contribution in [0.15, 0.2) is 18.3 Å². The molecule has 2 N–H and O–H groups in total. The van der Waals surface area contributed by atoms with E-state index >= 15 is 0 Å². The van der Waals surface area contributed by atoms with Gasteiger partial charge in [-0.3, -0.25) is 4.90 Å². The van der Waals surface area contributed by atoms with Crippen LogP contribution >= 0.6 is 0 Å². The second-order valence-corrected chi connectivity index (χ2v) is 5.21. The summed E-state index contributed by atoms with van der Waals surface area (Å²) in [5.74, 6) is 0.658. The number of hydrogen-bond acceptors (Lipinski definition) is 4. The zero-order chi connectivity index (χ0) is 13.7. The van der Waals surface area contributed by atoms with E-state index in [0.717, 1.165) is 12.6 Å². The van der Waals surface area contributed by atoms with E-state index in [-0.39, 0.29) is 6.04 Å². The van der Waals surface area contributed by atoms with Crippen LogP contribution in [-0.4, -0.2) is 36.1 Å². The summed E-state index contributed by atoms with van der Waals surface area (Å²) in [6.45, 7) is 4.01. The van der Waals surface area contributed by atoms with Gasteiger partial charge in [-0.2, -0.15) is 0 Å². The largest absolute Gasteiger partial charge is 0.481 e. The summed E-state index contributed by atoms with van der Waals surface area (Å²) in [5, 5.41) is 0. The van der Waals surface area contributed by atoms with Crippen molar-refractivity contribution in [3.05, 3.63) is 23.9 Å². The standard InChI is InChI=1S/C15H25N3O/c1-3-4-9-18(13-6-7-13)14(10-16)12-5-8-15(19-2)17-11-12/h5,8,11,13-14H,3-4,6-7,9-10,16H2,1-2H3. The van der Waals surface area contributed by atoms with Crippen molar-refractivity contribution in [1.29, 1.82) is 0 Å². The lowest BCUT2D eigenvalue weighted by atomic mass is 10.1. The highest BCUT2D eigenvalue weighted by Crippen LogP contribution is 2.34. The molecular weight excluding hydrogens is 238 g/mol. The van der Waals surface area contributed by atoms with Crippen LogP contribution in [0.3, 0.4) is 0 Å². The number of pyridine rings is 1. The average Bonchev–Trinajstić information content (AvgIpc) is 3.28. The van der Waals surface area contributed by atoms with Gasteiger partial charge in [0.1, 0.15) is 0 Å². The number of nitrogens with two attached hydrogens (primary N) is 1. The van der Waals surface area contributed by atoms with Gasteiger partial charge in [-0.1, -0.05) is 19.4 Å². The Hall–Kier alpha value is -1.13. The van der Waals surface area contributed by atoms with E-state index in [1.807, 2.05) is 12.3 Å². The Balaban J connectivity index is 2.10. The number of methoxy groups -OCH3 is 1. The molecule has 4 nitrogen and oxygen atoms in total. The van der Waals surface area contributed by atoms with Crippen LogP contribution in [0.5, 0.6) is 5.88 Å². The first kappa shape index (κ1) is 14.3. The molecule has 1 unspecified atom stereocenters. The fourth-order valence-electron chi connectivity index (χ4n) is 2.51. The minimum atomic E-state index is 0.289. The zero-order valence-electron chi connectivity index (χ0n) is 12.0. The van der Waals surface area contributed by atoms with E-state index < -0.39 is 0 Å². The van der Waals surface area contributed by atoms with Crippen LogP contribution in [0, 0.1) is 0 Å². The molecule has 4 heteroatoms. The monoisotopic (exact) mass is 263 g/mol. The predicted molar refractivity (Wildman–Crippen MR) is 77.2 cm³/mol. The number of aromatic nitrogens is 1. The second-order valence-electron chi connectivity index (χ2n) is 5.21. The second kappa shape index (κ2) is 6.87. The summed E-state index contributed by atoms with van der Waals surface area (Å²) in [6.07, 6.45) is 6.98. The molecule has 0 radical (unpaired) electrons. The lowest BCUT2D eigenvalue weighted by Gasteiger charge is -2.31. The molecule has 1 atom stereocenters. The lowest BCUT2D eigenvalue weighted by molar-refractivity contribution is 0.188. The van der Waals surface area contributed by atoms with Crippen molar-refractivity contribution < 1.29 is 4.74 Å². The van der Waals surface area contributed by atoms with Crippen LogP contribution in [0.2, 0.25) is 0 Å². The maximum atomic E-state index is 6.01. The molecule has 1 fully saturated rings. The van der Waals surface area contributed by atoms with Gasteiger partial charge < -0.3 is 10.5 Å². The van der Waals surface area contributed by atoms with Gasteiger partial charge in [0.05, 0.1) is 7.11 Å². The van der Waals surface area contributed by atoms with Crippen molar-refractivity contribution >= 4 is 0 Å². The van der Waals surface area contributed by atoms with E-state index in [1.165, 1.54) is 31.2 Å². The Bertz CT molecular complexity index is 375. The molecule has 0 aliphatic heterocycles. The van der Waals surface area contributed by atoms with Gasteiger partial charge in [-0.25, -0.2) is 4.98 Å². The van der Waals surface area contributed by atoms with Crippen LogP contribution in [0.25, 0.3) is 0 Å². The highest BCUT2D eigenvalue weighted by molar-refractivity contribution is 5.21. The van der Waals surface area contributed by atoms with Crippen LogP contribution in [-0.2, 0) is 0 Å². The molecule has 0 bridgehead atoms. The quantitative estimate of drug-likeness (QED) is 0.782. The first-order valence-electron chi connectivity index (χ1n) is 7.25. The molecular formula is C15H25N3O. The van der Waals surface area contributed by atoms with E-state index in [2.05, 4.69) is 22.9 Å². The first-order valence-corrected chi connectivity index (χ1v) is 7.25. The zero-order valence-corrected chi connectivity index (χ0v) is 12.0. The summed E-state index contributed by atoms with van der Waals surface area (Å²) in [4.78, 5) is 6.87. The van der Waals surface area contributed by atoms with Gasteiger partial charge in [0.2, 0.25) is 5.88 Å². The summed E-state index contributed by atoms with van der Waals surface area (Å²) in [5.41, 5.74) is 7.21. The minimum absolute atomic E-state index is 0.289. The SMILES string of the molecule is CCCCN(C1CC1)C(CN)c1ccc(OC)nc1. The summed E-state index contributed by atoms with van der Waals surface area (Å²) in [7, 11) is 1.64. The molecule has 106 valence electrons. The molecule has 2 rings (SSSR count). The predicted octanol–water partition coefficient (Wildman–Crippen LogP) is 2.35. The fourth-order valence-corrected chi connectivity index (χ4v) is 2.51. The molecule has 19 heavy (non-hydrogen) atoms. The van der Waals surface area contributed by atoms with Gasteiger partial charge in [-0.15, -0.1) is 0 Å². The highest BCUT2D eigenvalue weighted by atomic mass is 16.5. The number of ether oxygens (including phenoxy) is 1. The van der Waals surface area contributed by atoms with E-state index in [4.69, 9.17) is 10.5 Å². The molecule has 1 heterocycles. The summed E-state index contributed by atoms with van der Waals surface area (Å²) in [6, 6.07) is 5.02. The topological polar surface area (TPSA) is 51.4 Å². The van der Waals surface area contributed by atoms with Crippen molar-refractivity contribution in [3.63, 3.8) is 0 Å². The third-order valence-electron chi connectivity index (χ3n) is 3.76. The molecule has 0 amide bonds. The number of hydrogen-bond donors (Lipinski definition) is 1. The van der Waals surface area contributed by atoms with Crippen molar-refractivity contribution in [3.8, 4) is 5.88 Å². The van der Waals surface area contributed by atoms with E-state index in [9.17, 15) is 0 Å².